The Morgan fingerprint density at radius 2 is 1.81 bits per heavy atom. The van der Waals surface area contributed by atoms with Gasteiger partial charge in [0.2, 0.25) is 0 Å². The summed E-state index contributed by atoms with van der Waals surface area (Å²) in [4.78, 5) is 11.1. The summed E-state index contributed by atoms with van der Waals surface area (Å²) in [6.07, 6.45) is 1.57. The molecule has 0 saturated carbocycles. The van der Waals surface area contributed by atoms with Crippen molar-refractivity contribution in [3.63, 3.8) is 0 Å². The van der Waals surface area contributed by atoms with Crippen LogP contribution >= 0.6 is 45.2 Å². The number of nitrogens with zero attached hydrogens (tertiary/aromatic N) is 1. The van der Waals surface area contributed by atoms with Gasteiger partial charge in [-0.15, -0.1) is 0 Å². The molecule has 0 aliphatic carbocycles. The first-order chi connectivity index (χ1) is 9.99. The van der Waals surface area contributed by atoms with Gasteiger partial charge >= 0.3 is 5.97 Å². The lowest BCUT2D eigenvalue weighted by atomic mass is 10.2. The Morgan fingerprint density at radius 1 is 1.19 bits per heavy atom. The monoisotopic (exact) mass is 508 g/mol. The number of nitrogens with one attached hydrogen (secondary N) is 1. The van der Waals surface area contributed by atoms with Crippen molar-refractivity contribution in [2.45, 2.75) is 0 Å². The zero-order valence-corrected chi connectivity index (χ0v) is 14.9. The van der Waals surface area contributed by atoms with Crippen LogP contribution in [0.15, 0.2) is 41.5 Å². The molecule has 0 aromatic heterocycles. The van der Waals surface area contributed by atoms with E-state index in [1.54, 1.807) is 36.5 Å². The summed E-state index contributed by atoms with van der Waals surface area (Å²) in [6, 6.07) is 10.1. The number of phenolic OH excluding ortho intramolecular Hbond substituents is 1. The quantitative estimate of drug-likeness (QED) is 0.334. The highest BCUT2D eigenvalue weighted by molar-refractivity contribution is 14.1. The van der Waals surface area contributed by atoms with Gasteiger partial charge in [0.1, 0.15) is 5.75 Å². The molecular weight excluding hydrogens is 498 g/mol. The van der Waals surface area contributed by atoms with Crippen LogP contribution in [0.5, 0.6) is 5.75 Å². The molecule has 0 spiro atoms. The SMILES string of the molecule is O=C(O)c1ccccc1N/N=C/c1cc(I)c(O)c(I)c1. The van der Waals surface area contributed by atoms with Gasteiger partial charge in [0, 0.05) is 0 Å². The minimum absolute atomic E-state index is 0.157. The Kier molecular flexibility index (Phi) is 5.39. The third kappa shape index (κ3) is 4.06. The van der Waals surface area contributed by atoms with Crippen molar-refractivity contribution in [1.82, 2.24) is 0 Å². The number of carboxylic acids is 1. The van der Waals surface area contributed by atoms with E-state index in [0.29, 0.717) is 5.69 Å². The van der Waals surface area contributed by atoms with Crippen molar-refractivity contribution in [1.29, 1.82) is 0 Å². The first kappa shape index (κ1) is 16.0. The molecular formula is C14H10I2N2O3. The van der Waals surface area contributed by atoms with Gasteiger partial charge in [-0.2, -0.15) is 5.10 Å². The van der Waals surface area contributed by atoms with Crippen LogP contribution in [0.1, 0.15) is 15.9 Å². The predicted octanol–water partition coefficient (Wildman–Crippen LogP) is 3.75. The van der Waals surface area contributed by atoms with E-state index in [9.17, 15) is 9.90 Å². The summed E-state index contributed by atoms with van der Waals surface area (Å²) >= 11 is 4.08. The molecule has 0 saturated heterocycles. The van der Waals surface area contributed by atoms with Crippen LogP contribution in [0.2, 0.25) is 0 Å². The largest absolute Gasteiger partial charge is 0.506 e. The third-order valence-electron chi connectivity index (χ3n) is 2.60. The molecule has 2 aromatic carbocycles. The third-order valence-corrected chi connectivity index (χ3v) is 4.24. The lowest BCUT2D eigenvalue weighted by Crippen LogP contribution is -2.02. The normalized spacial score (nSPS) is 10.8. The summed E-state index contributed by atoms with van der Waals surface area (Å²) in [5, 5.41) is 22.8. The van der Waals surface area contributed by atoms with Crippen LogP contribution in [-0.4, -0.2) is 22.4 Å². The zero-order chi connectivity index (χ0) is 15.4. The van der Waals surface area contributed by atoms with Crippen LogP contribution in [0, 0.1) is 7.14 Å². The van der Waals surface area contributed by atoms with Gasteiger partial charge in [0.25, 0.3) is 0 Å². The van der Waals surface area contributed by atoms with Gasteiger partial charge in [-0.25, -0.2) is 4.79 Å². The Morgan fingerprint density at radius 3 is 2.43 bits per heavy atom. The fourth-order valence-electron chi connectivity index (χ4n) is 1.60. The number of hydrogen-bond donors (Lipinski definition) is 3. The smallest absolute Gasteiger partial charge is 0.337 e. The number of benzene rings is 2. The van der Waals surface area contributed by atoms with E-state index < -0.39 is 5.97 Å². The summed E-state index contributed by atoms with van der Waals surface area (Å²) in [6.45, 7) is 0. The first-order valence-corrected chi connectivity index (χ1v) is 7.94. The van der Waals surface area contributed by atoms with Crippen LogP contribution < -0.4 is 5.43 Å². The Labute approximate surface area is 148 Å². The standard InChI is InChI=1S/C14H10I2N2O3/c15-10-5-8(6-11(16)13(10)19)7-17-18-12-4-2-1-3-9(12)14(20)21/h1-7,18-19H,(H,20,21)/b17-7+. The number of para-hydroxylation sites is 1. The second-order valence-electron chi connectivity index (χ2n) is 4.05. The molecule has 108 valence electrons. The van der Waals surface area contributed by atoms with Crippen LogP contribution in [0.25, 0.3) is 0 Å². The molecule has 0 aliphatic heterocycles. The van der Waals surface area contributed by atoms with Crippen molar-refractivity contribution < 1.29 is 15.0 Å². The topological polar surface area (TPSA) is 81.9 Å². The predicted molar refractivity (Wildman–Crippen MR) is 98.2 cm³/mol. The van der Waals surface area contributed by atoms with E-state index in [4.69, 9.17) is 5.11 Å². The maximum atomic E-state index is 11.1. The lowest BCUT2D eigenvalue weighted by Gasteiger charge is -2.05. The maximum absolute atomic E-state index is 11.1. The molecule has 7 heteroatoms. The highest BCUT2D eigenvalue weighted by Gasteiger charge is 2.08. The first-order valence-electron chi connectivity index (χ1n) is 5.78. The summed E-state index contributed by atoms with van der Waals surface area (Å²) in [5.74, 6) is -0.764. The van der Waals surface area contributed by atoms with Gasteiger partial charge in [-0.3, -0.25) is 5.43 Å². The molecule has 3 N–H and O–H groups in total. The Hall–Kier alpha value is -1.36. The van der Waals surface area contributed by atoms with Crippen molar-refractivity contribution in [2.24, 2.45) is 5.10 Å². The van der Waals surface area contributed by atoms with Crippen molar-refractivity contribution >= 4 is 63.1 Å². The molecule has 0 fully saturated rings. The van der Waals surface area contributed by atoms with E-state index in [-0.39, 0.29) is 11.3 Å². The van der Waals surface area contributed by atoms with Gasteiger partial charge in [-0.1, -0.05) is 12.1 Å². The number of hydrogen-bond acceptors (Lipinski definition) is 4. The fraction of sp³-hybridized carbons (Fsp3) is 0. The molecule has 2 aromatic rings. The van der Waals surface area contributed by atoms with E-state index >= 15 is 0 Å². The Bertz CT molecular complexity index is 694. The molecule has 0 bridgehead atoms. The van der Waals surface area contributed by atoms with Gasteiger partial charge in [0.05, 0.1) is 24.6 Å². The van der Waals surface area contributed by atoms with E-state index in [1.807, 2.05) is 45.2 Å². The van der Waals surface area contributed by atoms with Gasteiger partial charge in [-0.05, 0) is 75.0 Å². The number of aromatic hydroxyl groups is 1. The number of carboxylic acid groups (broad SMARTS) is 1. The number of carbonyl (C=O) groups is 1. The maximum Gasteiger partial charge on any atom is 0.337 e. The number of phenols is 1. The molecule has 0 heterocycles. The minimum Gasteiger partial charge on any atom is -0.506 e. The second-order valence-corrected chi connectivity index (χ2v) is 6.38. The highest BCUT2D eigenvalue weighted by atomic mass is 127. The van der Waals surface area contributed by atoms with Gasteiger partial charge < -0.3 is 10.2 Å². The zero-order valence-electron chi connectivity index (χ0n) is 10.5. The van der Waals surface area contributed by atoms with Crippen LogP contribution in [0.3, 0.4) is 0 Å². The van der Waals surface area contributed by atoms with Crippen molar-refractivity contribution in [2.75, 3.05) is 5.43 Å². The number of aromatic carboxylic acids is 1. The average molecular weight is 508 g/mol. The Balaban J connectivity index is 2.19. The number of halogens is 2. The molecule has 0 aliphatic rings. The summed E-state index contributed by atoms with van der Waals surface area (Å²) < 4.78 is 1.46. The van der Waals surface area contributed by atoms with E-state index in [1.165, 1.54) is 6.07 Å². The molecule has 21 heavy (non-hydrogen) atoms. The molecule has 0 amide bonds. The van der Waals surface area contributed by atoms with Crippen LogP contribution in [0.4, 0.5) is 5.69 Å². The number of rotatable bonds is 4. The summed E-state index contributed by atoms with van der Waals surface area (Å²) in [7, 11) is 0. The van der Waals surface area contributed by atoms with Crippen LogP contribution in [-0.2, 0) is 0 Å². The number of anilines is 1. The molecule has 0 unspecified atom stereocenters. The molecule has 0 atom stereocenters. The fourth-order valence-corrected chi connectivity index (χ4v) is 3.42. The highest BCUT2D eigenvalue weighted by Crippen LogP contribution is 2.26. The van der Waals surface area contributed by atoms with Gasteiger partial charge in [0.15, 0.2) is 0 Å². The second kappa shape index (κ2) is 7.07. The molecule has 2 rings (SSSR count). The molecule has 0 radical (unpaired) electrons. The summed E-state index contributed by atoms with van der Waals surface area (Å²) in [5.41, 5.74) is 4.10. The lowest BCUT2D eigenvalue weighted by molar-refractivity contribution is 0.0698. The van der Waals surface area contributed by atoms with E-state index in [0.717, 1.165) is 12.7 Å². The van der Waals surface area contributed by atoms with Crippen molar-refractivity contribution in [3.8, 4) is 5.75 Å². The molecule has 5 nitrogen and oxygen atoms in total. The van der Waals surface area contributed by atoms with E-state index in [2.05, 4.69) is 10.5 Å². The minimum atomic E-state index is -1.01. The van der Waals surface area contributed by atoms with Crippen molar-refractivity contribution in [3.05, 3.63) is 54.7 Å². The number of hydrazone groups is 1. The average Bonchev–Trinajstić information content (AvgIpc) is 2.45.